The van der Waals surface area contributed by atoms with Crippen LogP contribution in [-0.4, -0.2) is 15.7 Å². The van der Waals surface area contributed by atoms with Crippen LogP contribution in [0.15, 0.2) is 35.4 Å². The quantitative estimate of drug-likeness (QED) is 0.898. The summed E-state index contributed by atoms with van der Waals surface area (Å²) >= 11 is 1.95. The monoisotopic (exact) mass is 257 g/mol. The maximum Gasteiger partial charge on any atom is 0.142 e. The molecule has 1 aliphatic rings. The Hall–Kier alpha value is -1.39. The van der Waals surface area contributed by atoms with Crippen LogP contribution < -0.4 is 5.73 Å². The highest BCUT2D eigenvalue weighted by molar-refractivity contribution is 7.99. The summed E-state index contributed by atoms with van der Waals surface area (Å²) in [5.41, 5.74) is 9.14. The lowest BCUT2D eigenvalue weighted by molar-refractivity contribution is 0.888. The minimum absolute atomic E-state index is 0.384. The van der Waals surface area contributed by atoms with Gasteiger partial charge in [-0.25, -0.2) is 9.97 Å². The number of benzene rings is 1. The molecule has 4 heteroatoms. The predicted octanol–water partition coefficient (Wildman–Crippen LogP) is 2.64. The second kappa shape index (κ2) is 5.08. The van der Waals surface area contributed by atoms with E-state index < -0.39 is 0 Å². The van der Waals surface area contributed by atoms with Crippen molar-refractivity contribution in [2.75, 3.05) is 5.75 Å². The van der Waals surface area contributed by atoms with Gasteiger partial charge < -0.3 is 5.73 Å². The standard InChI is InChI=1S/C14H15N3S/c15-9-14-16-6-5-12(17-14)10-3-4-13-11(8-10)2-1-7-18-13/h3-6,8H,1-2,7,9,15H2. The van der Waals surface area contributed by atoms with Gasteiger partial charge in [-0.2, -0.15) is 0 Å². The van der Waals surface area contributed by atoms with Gasteiger partial charge in [0.2, 0.25) is 0 Å². The molecule has 2 heterocycles. The molecule has 0 unspecified atom stereocenters. The van der Waals surface area contributed by atoms with Gasteiger partial charge in [0, 0.05) is 16.7 Å². The SMILES string of the molecule is NCc1nccc(-c2ccc3c(c2)CCCS3)n1. The Morgan fingerprint density at radius 3 is 3.11 bits per heavy atom. The molecule has 2 N–H and O–H groups in total. The average molecular weight is 257 g/mol. The third kappa shape index (κ3) is 2.26. The number of rotatable bonds is 2. The fraction of sp³-hybridized carbons (Fsp3) is 0.286. The highest BCUT2D eigenvalue weighted by Crippen LogP contribution is 2.32. The number of thioether (sulfide) groups is 1. The van der Waals surface area contributed by atoms with Crippen LogP contribution in [0.5, 0.6) is 0 Å². The molecule has 0 saturated heterocycles. The van der Waals surface area contributed by atoms with Gasteiger partial charge in [0.25, 0.3) is 0 Å². The average Bonchev–Trinajstić information content (AvgIpc) is 2.47. The van der Waals surface area contributed by atoms with Crippen LogP contribution >= 0.6 is 11.8 Å². The van der Waals surface area contributed by atoms with Crippen LogP contribution in [0.25, 0.3) is 11.3 Å². The Labute approximate surface area is 111 Å². The van der Waals surface area contributed by atoms with E-state index in [1.807, 2.05) is 17.8 Å². The number of aromatic nitrogens is 2. The lowest BCUT2D eigenvalue weighted by atomic mass is 10.0. The zero-order valence-corrected chi connectivity index (χ0v) is 10.9. The summed E-state index contributed by atoms with van der Waals surface area (Å²) in [6.07, 6.45) is 4.21. The zero-order chi connectivity index (χ0) is 12.4. The van der Waals surface area contributed by atoms with Crippen LogP contribution in [0.2, 0.25) is 0 Å². The maximum absolute atomic E-state index is 5.58. The molecule has 1 aromatic carbocycles. The van der Waals surface area contributed by atoms with Gasteiger partial charge in [-0.3, -0.25) is 0 Å². The maximum atomic E-state index is 5.58. The van der Waals surface area contributed by atoms with Crippen LogP contribution in [0.1, 0.15) is 17.8 Å². The van der Waals surface area contributed by atoms with Crippen molar-refractivity contribution < 1.29 is 0 Å². The van der Waals surface area contributed by atoms with Crippen LogP contribution in [0, 0.1) is 0 Å². The summed E-state index contributed by atoms with van der Waals surface area (Å²) in [5, 5.41) is 0. The van der Waals surface area contributed by atoms with Crippen LogP contribution in [0.3, 0.4) is 0 Å². The lowest BCUT2D eigenvalue weighted by Gasteiger charge is -2.15. The van der Waals surface area contributed by atoms with Crippen molar-refractivity contribution in [3.05, 3.63) is 41.9 Å². The predicted molar refractivity (Wildman–Crippen MR) is 74.4 cm³/mol. The van der Waals surface area contributed by atoms with Gasteiger partial charge in [-0.15, -0.1) is 11.8 Å². The first-order chi connectivity index (χ1) is 8.86. The van der Waals surface area contributed by atoms with Crippen LogP contribution in [0.4, 0.5) is 0 Å². The van der Waals surface area contributed by atoms with E-state index in [0.29, 0.717) is 12.4 Å². The summed E-state index contributed by atoms with van der Waals surface area (Å²) in [4.78, 5) is 10.0. The highest BCUT2D eigenvalue weighted by Gasteiger charge is 2.11. The van der Waals surface area contributed by atoms with E-state index in [-0.39, 0.29) is 0 Å². The molecular formula is C14H15N3S. The van der Waals surface area contributed by atoms with Crippen molar-refractivity contribution in [2.24, 2.45) is 5.73 Å². The van der Waals surface area contributed by atoms with Crippen molar-refractivity contribution in [3.63, 3.8) is 0 Å². The molecule has 3 rings (SSSR count). The first-order valence-corrected chi connectivity index (χ1v) is 7.13. The van der Waals surface area contributed by atoms with Gasteiger partial charge in [-0.1, -0.05) is 6.07 Å². The van der Waals surface area contributed by atoms with Crippen molar-refractivity contribution in [1.82, 2.24) is 9.97 Å². The topological polar surface area (TPSA) is 51.8 Å². The Morgan fingerprint density at radius 1 is 1.28 bits per heavy atom. The fourth-order valence-corrected chi connectivity index (χ4v) is 3.20. The van der Waals surface area contributed by atoms with Gasteiger partial charge in [0.15, 0.2) is 0 Å². The normalized spacial score (nSPS) is 14.3. The smallest absolute Gasteiger partial charge is 0.142 e. The zero-order valence-electron chi connectivity index (χ0n) is 10.1. The van der Waals surface area contributed by atoms with Gasteiger partial charge in [0.1, 0.15) is 5.82 Å². The van der Waals surface area contributed by atoms with Gasteiger partial charge >= 0.3 is 0 Å². The van der Waals surface area contributed by atoms with Crippen molar-refractivity contribution in [1.29, 1.82) is 0 Å². The molecule has 92 valence electrons. The summed E-state index contributed by atoms with van der Waals surface area (Å²) in [7, 11) is 0. The van der Waals surface area contributed by atoms with E-state index >= 15 is 0 Å². The van der Waals surface area contributed by atoms with E-state index in [2.05, 4.69) is 28.2 Å². The van der Waals surface area contributed by atoms with E-state index in [0.717, 1.165) is 11.3 Å². The third-order valence-corrected chi connectivity index (χ3v) is 4.29. The first kappa shape index (κ1) is 11.7. The molecule has 3 nitrogen and oxygen atoms in total. The lowest BCUT2D eigenvalue weighted by Crippen LogP contribution is -2.03. The molecule has 0 radical (unpaired) electrons. The van der Waals surface area contributed by atoms with Gasteiger partial charge in [-0.05, 0) is 42.4 Å². The Kier molecular flexibility index (Phi) is 3.30. The summed E-state index contributed by atoms with van der Waals surface area (Å²) < 4.78 is 0. The number of aryl methyl sites for hydroxylation is 1. The van der Waals surface area contributed by atoms with E-state index in [1.54, 1.807) is 6.20 Å². The molecule has 0 aliphatic carbocycles. The van der Waals surface area contributed by atoms with Crippen molar-refractivity contribution in [2.45, 2.75) is 24.3 Å². The largest absolute Gasteiger partial charge is 0.324 e. The molecule has 0 atom stereocenters. The molecule has 0 bridgehead atoms. The summed E-state index contributed by atoms with van der Waals surface area (Å²) in [6.45, 7) is 0.384. The second-order valence-corrected chi connectivity index (χ2v) is 5.47. The molecule has 1 aliphatic heterocycles. The van der Waals surface area contributed by atoms with Crippen molar-refractivity contribution in [3.8, 4) is 11.3 Å². The minimum atomic E-state index is 0.384. The molecular weight excluding hydrogens is 242 g/mol. The Balaban J connectivity index is 2.00. The first-order valence-electron chi connectivity index (χ1n) is 6.15. The second-order valence-electron chi connectivity index (χ2n) is 4.34. The van der Waals surface area contributed by atoms with E-state index in [4.69, 9.17) is 5.73 Å². The molecule has 0 saturated carbocycles. The number of hydrogen-bond acceptors (Lipinski definition) is 4. The fourth-order valence-electron chi connectivity index (χ4n) is 2.18. The molecule has 2 aromatic rings. The third-order valence-electron chi connectivity index (χ3n) is 3.09. The van der Waals surface area contributed by atoms with E-state index in [9.17, 15) is 0 Å². The molecule has 1 aromatic heterocycles. The molecule has 18 heavy (non-hydrogen) atoms. The number of hydrogen-bond donors (Lipinski definition) is 1. The Morgan fingerprint density at radius 2 is 2.22 bits per heavy atom. The van der Waals surface area contributed by atoms with E-state index in [1.165, 1.54) is 29.1 Å². The molecule has 0 spiro atoms. The number of nitrogens with two attached hydrogens (primary N) is 1. The minimum Gasteiger partial charge on any atom is -0.324 e. The highest BCUT2D eigenvalue weighted by atomic mass is 32.2. The van der Waals surface area contributed by atoms with Gasteiger partial charge in [0.05, 0.1) is 12.2 Å². The van der Waals surface area contributed by atoms with Crippen molar-refractivity contribution >= 4 is 11.8 Å². The Bertz CT molecular complexity index is 569. The summed E-state index contributed by atoms with van der Waals surface area (Å²) in [6, 6.07) is 8.54. The summed E-state index contributed by atoms with van der Waals surface area (Å²) in [5.74, 6) is 1.93. The number of nitrogens with zero attached hydrogens (tertiary/aromatic N) is 2. The molecule has 0 amide bonds. The number of fused-ring (bicyclic) bond motifs is 1. The van der Waals surface area contributed by atoms with Crippen LogP contribution in [-0.2, 0) is 13.0 Å². The molecule has 0 fully saturated rings.